The molecule has 32 heavy (non-hydrogen) atoms. The minimum Gasteiger partial charge on any atom is -0.332 e. The molecule has 0 atom stereocenters. The number of nitrogens with zero attached hydrogens (tertiary/aromatic N) is 1. The van der Waals surface area contributed by atoms with Crippen LogP contribution < -0.4 is 16.2 Å². The van der Waals surface area contributed by atoms with Crippen LogP contribution >= 0.6 is 12.2 Å². The lowest BCUT2D eigenvalue weighted by atomic mass is 10.1. The van der Waals surface area contributed by atoms with Gasteiger partial charge in [0.05, 0.1) is 10.9 Å². The Bertz CT molecular complexity index is 1240. The normalized spacial score (nSPS) is 13.1. The number of amides is 2. The third-order valence-electron chi connectivity index (χ3n) is 5.56. The molecule has 7 nitrogen and oxygen atoms in total. The second-order valence-electron chi connectivity index (χ2n) is 8.13. The van der Waals surface area contributed by atoms with Gasteiger partial charge in [-0.25, -0.2) is 0 Å². The van der Waals surface area contributed by atoms with E-state index in [1.807, 2.05) is 18.2 Å². The van der Waals surface area contributed by atoms with E-state index in [0.717, 1.165) is 43.3 Å². The molecule has 1 fully saturated rings. The summed E-state index contributed by atoms with van der Waals surface area (Å²) in [5, 5.41) is 6.38. The number of anilines is 2. The molecule has 3 N–H and O–H groups in total. The molecule has 2 amide bonds. The topological polar surface area (TPSA) is 96.0 Å². The molecule has 0 saturated heterocycles. The van der Waals surface area contributed by atoms with E-state index in [1.54, 1.807) is 34.9 Å². The smallest absolute Gasteiger partial charge is 0.262 e. The van der Waals surface area contributed by atoms with Gasteiger partial charge in [-0.2, -0.15) is 0 Å². The number of carbonyl (C=O) groups excluding carboxylic acids is 2. The van der Waals surface area contributed by atoms with Crippen molar-refractivity contribution in [2.75, 3.05) is 10.6 Å². The number of hydrogen-bond acceptors (Lipinski definition) is 4. The zero-order valence-corrected chi connectivity index (χ0v) is 18.5. The maximum Gasteiger partial charge on any atom is 0.262 e. The standard InChI is InChI=1S/C24H26N4O3S/c29-21(25-17-11-13-18(14-12-17)26-22(30)16-9-10-16)8-2-1-5-15-28-23(31)19-6-3-4-7-20(19)27-24(28)32/h3-4,6-7,11-14,16H,1-2,5,8-10,15H2,(H,25,29)(H,26,30)(H,27,32). The first-order chi connectivity index (χ1) is 15.5. The largest absolute Gasteiger partial charge is 0.332 e. The quantitative estimate of drug-likeness (QED) is 0.328. The van der Waals surface area contributed by atoms with Crippen molar-refractivity contribution in [2.24, 2.45) is 5.92 Å². The first kappa shape index (κ1) is 22.0. The van der Waals surface area contributed by atoms with Gasteiger partial charge in [0.25, 0.3) is 5.56 Å². The van der Waals surface area contributed by atoms with Gasteiger partial charge in [0.2, 0.25) is 11.8 Å². The molecule has 0 spiro atoms. The number of carbonyl (C=O) groups is 2. The molecule has 3 aromatic rings. The van der Waals surface area contributed by atoms with E-state index in [9.17, 15) is 14.4 Å². The summed E-state index contributed by atoms with van der Waals surface area (Å²) in [5.41, 5.74) is 2.10. The molecule has 1 heterocycles. The Morgan fingerprint density at radius 1 is 0.969 bits per heavy atom. The van der Waals surface area contributed by atoms with Crippen LogP contribution in [0, 0.1) is 10.7 Å². The molecule has 2 aromatic carbocycles. The Hall–Kier alpha value is -3.26. The van der Waals surface area contributed by atoms with Crippen LogP contribution in [0.1, 0.15) is 38.5 Å². The number of unbranched alkanes of at least 4 members (excludes halogenated alkanes) is 2. The summed E-state index contributed by atoms with van der Waals surface area (Å²) in [6.07, 6.45) is 4.63. The summed E-state index contributed by atoms with van der Waals surface area (Å²) >= 11 is 5.33. The van der Waals surface area contributed by atoms with E-state index in [4.69, 9.17) is 12.2 Å². The van der Waals surface area contributed by atoms with Crippen molar-refractivity contribution in [1.29, 1.82) is 0 Å². The van der Waals surface area contributed by atoms with Gasteiger partial charge < -0.3 is 15.6 Å². The highest BCUT2D eigenvalue weighted by Gasteiger charge is 2.29. The average molecular weight is 451 g/mol. The maximum absolute atomic E-state index is 12.6. The van der Waals surface area contributed by atoms with Crippen molar-refractivity contribution in [3.63, 3.8) is 0 Å². The van der Waals surface area contributed by atoms with E-state index in [-0.39, 0.29) is 23.3 Å². The number of aromatic amines is 1. The second kappa shape index (κ2) is 9.91. The van der Waals surface area contributed by atoms with Crippen molar-refractivity contribution in [3.8, 4) is 0 Å². The van der Waals surface area contributed by atoms with Crippen molar-refractivity contribution in [1.82, 2.24) is 9.55 Å². The molecule has 1 aromatic heterocycles. The van der Waals surface area contributed by atoms with Crippen LogP contribution in [0.5, 0.6) is 0 Å². The van der Waals surface area contributed by atoms with Gasteiger partial charge in [0, 0.05) is 30.3 Å². The SMILES string of the molecule is O=C(CCCCCn1c(=S)[nH]c2ccccc2c1=O)Nc1ccc(NC(=O)C2CC2)cc1. The van der Waals surface area contributed by atoms with E-state index in [1.165, 1.54) is 0 Å². The Morgan fingerprint density at radius 2 is 1.66 bits per heavy atom. The number of aromatic nitrogens is 2. The summed E-state index contributed by atoms with van der Waals surface area (Å²) in [5.74, 6) is 0.166. The highest BCUT2D eigenvalue weighted by molar-refractivity contribution is 7.71. The number of benzene rings is 2. The van der Waals surface area contributed by atoms with Crippen molar-refractivity contribution < 1.29 is 9.59 Å². The van der Waals surface area contributed by atoms with E-state index in [2.05, 4.69) is 15.6 Å². The Labute approximate surface area is 190 Å². The molecule has 1 aliphatic carbocycles. The highest BCUT2D eigenvalue weighted by Crippen LogP contribution is 2.30. The molecule has 0 bridgehead atoms. The first-order valence-electron chi connectivity index (χ1n) is 10.9. The van der Waals surface area contributed by atoms with E-state index in [0.29, 0.717) is 28.8 Å². The first-order valence-corrected chi connectivity index (χ1v) is 11.3. The third kappa shape index (κ3) is 5.50. The van der Waals surface area contributed by atoms with Crippen LogP contribution in [0.2, 0.25) is 0 Å². The predicted molar refractivity (Wildman–Crippen MR) is 128 cm³/mol. The van der Waals surface area contributed by atoms with Crippen LogP contribution in [-0.2, 0) is 16.1 Å². The zero-order valence-electron chi connectivity index (χ0n) is 17.7. The fraction of sp³-hybridized carbons (Fsp3) is 0.333. The molecule has 8 heteroatoms. The monoisotopic (exact) mass is 450 g/mol. The minimum absolute atomic E-state index is 0.0556. The molecule has 166 valence electrons. The Morgan fingerprint density at radius 3 is 2.38 bits per heavy atom. The molecule has 1 aliphatic rings. The third-order valence-corrected chi connectivity index (χ3v) is 5.88. The van der Waals surface area contributed by atoms with Crippen molar-refractivity contribution >= 4 is 46.3 Å². The fourth-order valence-corrected chi connectivity index (χ4v) is 3.87. The van der Waals surface area contributed by atoms with Crippen molar-refractivity contribution in [2.45, 2.75) is 45.1 Å². The number of fused-ring (bicyclic) bond motifs is 1. The molecular weight excluding hydrogens is 424 g/mol. The van der Waals surface area contributed by atoms with Gasteiger partial charge in [-0.1, -0.05) is 18.6 Å². The van der Waals surface area contributed by atoms with Crippen LogP contribution in [0.25, 0.3) is 10.9 Å². The Balaban J connectivity index is 1.20. The van der Waals surface area contributed by atoms with Crippen LogP contribution in [-0.4, -0.2) is 21.4 Å². The van der Waals surface area contributed by atoms with Crippen LogP contribution in [0.3, 0.4) is 0 Å². The summed E-state index contributed by atoms with van der Waals surface area (Å²) < 4.78 is 2.00. The molecule has 0 aliphatic heterocycles. The van der Waals surface area contributed by atoms with Gasteiger partial charge >= 0.3 is 0 Å². The number of hydrogen-bond donors (Lipinski definition) is 3. The molecule has 1 saturated carbocycles. The lowest BCUT2D eigenvalue weighted by Gasteiger charge is -2.09. The maximum atomic E-state index is 12.6. The summed E-state index contributed by atoms with van der Waals surface area (Å²) in [7, 11) is 0. The fourth-order valence-electron chi connectivity index (χ4n) is 3.58. The molecule has 0 unspecified atom stereocenters. The Kier molecular flexibility index (Phi) is 6.80. The average Bonchev–Trinajstić information content (AvgIpc) is 3.62. The number of para-hydroxylation sites is 1. The lowest BCUT2D eigenvalue weighted by Crippen LogP contribution is -2.22. The predicted octanol–water partition coefficient (Wildman–Crippen LogP) is 4.61. The highest BCUT2D eigenvalue weighted by atomic mass is 32.1. The molecule has 4 rings (SSSR count). The second-order valence-corrected chi connectivity index (χ2v) is 8.52. The van der Waals surface area contributed by atoms with E-state index < -0.39 is 0 Å². The van der Waals surface area contributed by atoms with Crippen LogP contribution in [0.15, 0.2) is 53.3 Å². The van der Waals surface area contributed by atoms with Crippen LogP contribution in [0.4, 0.5) is 11.4 Å². The summed E-state index contributed by atoms with van der Waals surface area (Å²) in [6.45, 7) is 0.522. The zero-order chi connectivity index (χ0) is 22.5. The number of nitrogens with one attached hydrogen (secondary N) is 3. The van der Waals surface area contributed by atoms with Gasteiger partial charge in [-0.05, 0) is 74.3 Å². The van der Waals surface area contributed by atoms with E-state index >= 15 is 0 Å². The van der Waals surface area contributed by atoms with Gasteiger partial charge in [0.15, 0.2) is 4.77 Å². The van der Waals surface area contributed by atoms with Gasteiger partial charge in [-0.3, -0.25) is 19.0 Å². The number of H-pyrrole nitrogens is 1. The van der Waals surface area contributed by atoms with Crippen molar-refractivity contribution in [3.05, 3.63) is 63.7 Å². The molecule has 0 radical (unpaired) electrons. The lowest BCUT2D eigenvalue weighted by molar-refractivity contribution is -0.117. The summed E-state index contributed by atoms with van der Waals surface area (Å²) in [4.78, 5) is 39.7. The minimum atomic E-state index is -0.0844. The molecular formula is C24H26N4O3S. The van der Waals surface area contributed by atoms with Gasteiger partial charge in [0.1, 0.15) is 0 Å². The van der Waals surface area contributed by atoms with Gasteiger partial charge in [-0.15, -0.1) is 0 Å². The summed E-state index contributed by atoms with van der Waals surface area (Å²) in [6, 6.07) is 14.5. The number of rotatable bonds is 9.